The van der Waals surface area contributed by atoms with E-state index >= 15 is 0 Å². The van der Waals surface area contributed by atoms with E-state index in [1.165, 1.54) is 22.3 Å². The van der Waals surface area contributed by atoms with Gasteiger partial charge in [-0.1, -0.05) is 26.0 Å². The smallest absolute Gasteiger partial charge is 0.123 e. The lowest BCUT2D eigenvalue weighted by Gasteiger charge is -2.15. The maximum Gasteiger partial charge on any atom is 0.123 e. The fourth-order valence-corrected chi connectivity index (χ4v) is 3.05. The van der Waals surface area contributed by atoms with Gasteiger partial charge in [-0.2, -0.15) is 0 Å². The second-order valence-electron chi connectivity index (χ2n) is 6.95. The van der Waals surface area contributed by atoms with Crippen LogP contribution in [0.2, 0.25) is 0 Å². The van der Waals surface area contributed by atoms with Crippen LogP contribution in [0.3, 0.4) is 0 Å². The first kappa shape index (κ1) is 20.0. The Balaban J connectivity index is 2.14. The van der Waals surface area contributed by atoms with E-state index in [0.717, 1.165) is 17.7 Å². The van der Waals surface area contributed by atoms with Crippen molar-refractivity contribution in [3.05, 3.63) is 58.1 Å². The van der Waals surface area contributed by atoms with Gasteiger partial charge in [0.05, 0.1) is 6.54 Å². The van der Waals surface area contributed by atoms with Crippen LogP contribution in [0.15, 0.2) is 35.3 Å². The van der Waals surface area contributed by atoms with Crippen molar-refractivity contribution in [3.8, 4) is 11.5 Å². The molecule has 0 atom stereocenters. The molecule has 0 unspecified atom stereocenters. The van der Waals surface area contributed by atoms with E-state index in [1.54, 1.807) is 12.3 Å². The minimum Gasteiger partial charge on any atom is -0.508 e. The number of rotatable bonds is 8. The van der Waals surface area contributed by atoms with Crippen LogP contribution in [0.5, 0.6) is 11.5 Å². The van der Waals surface area contributed by atoms with E-state index in [0.29, 0.717) is 31.4 Å². The molecule has 0 radical (unpaired) electrons. The second-order valence-corrected chi connectivity index (χ2v) is 6.95. The Bertz CT molecular complexity index is 744. The van der Waals surface area contributed by atoms with E-state index in [4.69, 9.17) is 10.5 Å². The molecule has 4 heteroatoms. The molecule has 0 aliphatic heterocycles. The fraction of sp³-hybridized carbons (Fsp3) is 0.409. The monoisotopic (exact) mass is 354 g/mol. The number of hydrogen-bond donors (Lipinski definition) is 2. The van der Waals surface area contributed by atoms with E-state index in [2.05, 4.69) is 50.9 Å². The molecule has 0 aromatic heterocycles. The zero-order chi connectivity index (χ0) is 19.1. The number of aliphatic imine (C=N–C) groups is 1. The van der Waals surface area contributed by atoms with Crippen LogP contribution in [-0.2, 0) is 6.42 Å². The van der Waals surface area contributed by atoms with Gasteiger partial charge in [0.2, 0.25) is 0 Å². The molecule has 0 fully saturated rings. The topological polar surface area (TPSA) is 67.8 Å². The van der Waals surface area contributed by atoms with Crippen molar-refractivity contribution in [2.75, 3.05) is 19.7 Å². The summed E-state index contributed by atoms with van der Waals surface area (Å²) in [4.78, 5) is 4.16. The molecule has 2 rings (SSSR count). The Labute approximate surface area is 156 Å². The lowest BCUT2D eigenvalue weighted by Crippen LogP contribution is -2.05. The van der Waals surface area contributed by atoms with Crippen molar-refractivity contribution in [2.45, 2.75) is 40.0 Å². The number of phenolic OH excluding ortho intramolecular Hbond substituents is 1. The van der Waals surface area contributed by atoms with Crippen molar-refractivity contribution >= 4 is 6.21 Å². The number of nitrogens with two attached hydrogens (primary N) is 1. The molecule has 0 aliphatic carbocycles. The van der Waals surface area contributed by atoms with Gasteiger partial charge in [0.1, 0.15) is 18.1 Å². The molecule has 0 amide bonds. The van der Waals surface area contributed by atoms with Gasteiger partial charge >= 0.3 is 0 Å². The quantitative estimate of drug-likeness (QED) is 0.700. The molecule has 4 nitrogen and oxygen atoms in total. The highest BCUT2D eigenvalue weighted by Crippen LogP contribution is 2.29. The largest absolute Gasteiger partial charge is 0.508 e. The number of phenols is 1. The van der Waals surface area contributed by atoms with Crippen molar-refractivity contribution in [1.29, 1.82) is 0 Å². The van der Waals surface area contributed by atoms with E-state index in [9.17, 15) is 5.11 Å². The highest BCUT2D eigenvalue weighted by molar-refractivity contribution is 5.59. The van der Waals surface area contributed by atoms with Crippen molar-refractivity contribution in [1.82, 2.24) is 0 Å². The van der Waals surface area contributed by atoms with Gasteiger partial charge < -0.3 is 15.6 Å². The Hall–Kier alpha value is -2.33. The Morgan fingerprint density at radius 3 is 2.46 bits per heavy atom. The standard InChI is InChI=1S/C22H30N2O2/c1-15(2)20-13-18(5-6-22(20)25)14-21-16(3)11-19(12-17(21)4)26-10-9-24-8-7-23/h5-6,9,11-13,15,25H,7-8,10,14,23H2,1-4H3. The number of benzene rings is 2. The van der Waals surface area contributed by atoms with Gasteiger partial charge in [-0.3, -0.25) is 4.99 Å². The van der Waals surface area contributed by atoms with Crippen LogP contribution in [0.25, 0.3) is 0 Å². The summed E-state index contributed by atoms with van der Waals surface area (Å²) in [5.74, 6) is 1.53. The van der Waals surface area contributed by atoms with Gasteiger partial charge in [-0.15, -0.1) is 0 Å². The van der Waals surface area contributed by atoms with Crippen molar-refractivity contribution in [3.63, 3.8) is 0 Å². The molecule has 2 aromatic rings. The number of aromatic hydroxyl groups is 1. The Morgan fingerprint density at radius 1 is 1.15 bits per heavy atom. The fourth-order valence-electron chi connectivity index (χ4n) is 3.05. The van der Waals surface area contributed by atoms with Gasteiger partial charge in [-0.05, 0) is 72.2 Å². The molecule has 0 bridgehead atoms. The second kappa shape index (κ2) is 9.39. The van der Waals surface area contributed by atoms with Gasteiger partial charge in [0, 0.05) is 12.8 Å². The first-order valence-electron chi connectivity index (χ1n) is 9.15. The van der Waals surface area contributed by atoms with Crippen LogP contribution >= 0.6 is 0 Å². The summed E-state index contributed by atoms with van der Waals surface area (Å²) in [6, 6.07) is 10.1. The molecular weight excluding hydrogens is 324 g/mol. The van der Waals surface area contributed by atoms with Crippen LogP contribution in [-0.4, -0.2) is 31.0 Å². The van der Waals surface area contributed by atoms with Gasteiger partial charge in [-0.25, -0.2) is 0 Å². The third kappa shape index (κ3) is 5.33. The number of nitrogens with zero attached hydrogens (tertiary/aromatic N) is 1. The van der Waals surface area contributed by atoms with E-state index < -0.39 is 0 Å². The first-order valence-corrected chi connectivity index (χ1v) is 9.15. The maximum atomic E-state index is 10.0. The number of hydrogen-bond acceptors (Lipinski definition) is 4. The van der Waals surface area contributed by atoms with E-state index in [1.807, 2.05) is 6.07 Å². The average molecular weight is 354 g/mol. The zero-order valence-corrected chi connectivity index (χ0v) is 16.2. The van der Waals surface area contributed by atoms with Crippen LogP contribution < -0.4 is 10.5 Å². The zero-order valence-electron chi connectivity index (χ0n) is 16.2. The Morgan fingerprint density at radius 2 is 1.85 bits per heavy atom. The van der Waals surface area contributed by atoms with Crippen molar-refractivity contribution in [2.24, 2.45) is 10.7 Å². The molecule has 0 heterocycles. The SMILES string of the molecule is Cc1cc(OCC=NCCN)cc(C)c1Cc1ccc(O)c(C(C)C)c1. The lowest BCUT2D eigenvalue weighted by atomic mass is 9.93. The highest BCUT2D eigenvalue weighted by Gasteiger charge is 2.10. The van der Waals surface area contributed by atoms with Gasteiger partial charge in [0.15, 0.2) is 0 Å². The molecule has 0 saturated carbocycles. The van der Waals surface area contributed by atoms with Crippen LogP contribution in [0.4, 0.5) is 0 Å². The predicted molar refractivity (Wildman–Crippen MR) is 109 cm³/mol. The number of aryl methyl sites for hydroxylation is 2. The maximum absolute atomic E-state index is 10.0. The van der Waals surface area contributed by atoms with E-state index in [-0.39, 0.29) is 0 Å². The summed E-state index contributed by atoms with van der Waals surface area (Å²) in [7, 11) is 0. The van der Waals surface area contributed by atoms with Gasteiger partial charge in [0.25, 0.3) is 0 Å². The van der Waals surface area contributed by atoms with Crippen molar-refractivity contribution < 1.29 is 9.84 Å². The first-order chi connectivity index (χ1) is 12.4. The molecule has 26 heavy (non-hydrogen) atoms. The van der Waals surface area contributed by atoms with Crippen LogP contribution in [0.1, 0.15) is 47.6 Å². The normalized spacial score (nSPS) is 11.5. The minimum absolute atomic E-state index is 0.300. The Kier molecular flexibility index (Phi) is 7.22. The minimum atomic E-state index is 0.300. The third-order valence-electron chi connectivity index (χ3n) is 4.48. The summed E-state index contributed by atoms with van der Waals surface area (Å²) < 4.78 is 5.76. The third-order valence-corrected chi connectivity index (χ3v) is 4.48. The molecule has 3 N–H and O–H groups in total. The average Bonchev–Trinajstić information content (AvgIpc) is 2.59. The summed E-state index contributed by atoms with van der Waals surface area (Å²) >= 11 is 0. The summed E-state index contributed by atoms with van der Waals surface area (Å²) in [6.07, 6.45) is 2.60. The molecule has 140 valence electrons. The van der Waals surface area contributed by atoms with Crippen LogP contribution in [0, 0.1) is 13.8 Å². The highest BCUT2D eigenvalue weighted by atomic mass is 16.5. The predicted octanol–water partition coefficient (Wildman–Crippen LogP) is 4.13. The molecule has 2 aromatic carbocycles. The summed E-state index contributed by atoms with van der Waals surface area (Å²) in [5.41, 5.74) is 11.3. The molecule has 0 saturated heterocycles. The molecule has 0 spiro atoms. The molecular formula is C22H30N2O2. The summed E-state index contributed by atoms with van der Waals surface area (Å²) in [5, 5.41) is 10.0. The number of ether oxygens (including phenoxy) is 1. The summed E-state index contributed by atoms with van der Waals surface area (Å²) in [6.45, 7) is 10.1. The lowest BCUT2D eigenvalue weighted by molar-refractivity contribution is 0.379. The molecule has 0 aliphatic rings.